The number of anilines is 1. The number of benzene rings is 2. The maximum absolute atomic E-state index is 16.1. The number of fused-ring (bicyclic) bond motifs is 1. The summed E-state index contributed by atoms with van der Waals surface area (Å²) < 4.78 is 47.1. The van der Waals surface area contributed by atoms with Crippen molar-refractivity contribution in [2.45, 2.75) is 70.6 Å². The number of rotatable bonds is 6. The van der Waals surface area contributed by atoms with Crippen LogP contribution in [0.15, 0.2) is 43.0 Å². The molecule has 0 saturated carbocycles. The van der Waals surface area contributed by atoms with E-state index in [4.69, 9.17) is 0 Å². The lowest BCUT2D eigenvalue weighted by molar-refractivity contribution is 0.0652. The molecule has 0 bridgehead atoms. The Bertz CT molecular complexity index is 1180. The first-order valence-electron chi connectivity index (χ1n) is 14.3. The minimum absolute atomic E-state index is 0.0373. The molecule has 2 aromatic carbocycles. The maximum atomic E-state index is 16.1. The van der Waals surface area contributed by atoms with Crippen LogP contribution in [0.3, 0.4) is 0 Å². The number of hydrogen-bond acceptors (Lipinski definition) is 4. The van der Waals surface area contributed by atoms with Crippen molar-refractivity contribution in [1.82, 2.24) is 9.80 Å². The van der Waals surface area contributed by atoms with Gasteiger partial charge in [-0.15, -0.1) is 6.58 Å². The van der Waals surface area contributed by atoms with Crippen LogP contribution < -0.4 is 4.90 Å². The number of hydrogen-bond donors (Lipinski definition) is 1. The maximum Gasteiger partial charge on any atom is 0.133 e. The van der Waals surface area contributed by atoms with Gasteiger partial charge in [-0.05, 0) is 94.8 Å². The predicted octanol–water partition coefficient (Wildman–Crippen LogP) is 6.62. The number of alkyl halides is 1. The molecule has 2 saturated heterocycles. The Labute approximate surface area is 231 Å². The number of halogens is 3. The first-order valence-corrected chi connectivity index (χ1v) is 14.3. The average molecular weight is 542 g/mol. The normalized spacial score (nSPS) is 26.6. The van der Waals surface area contributed by atoms with E-state index in [9.17, 15) is 9.50 Å². The van der Waals surface area contributed by atoms with E-state index in [1.807, 2.05) is 17.9 Å². The van der Waals surface area contributed by atoms with Crippen molar-refractivity contribution in [3.05, 3.63) is 71.3 Å². The lowest BCUT2D eigenvalue weighted by Crippen LogP contribution is -2.52. The lowest BCUT2D eigenvalue weighted by atomic mass is 9.73. The summed E-state index contributed by atoms with van der Waals surface area (Å²) in [4.78, 5) is 6.45. The van der Waals surface area contributed by atoms with E-state index in [0.29, 0.717) is 17.7 Å². The molecule has 4 nitrogen and oxygen atoms in total. The third-order valence-corrected chi connectivity index (χ3v) is 8.88. The van der Waals surface area contributed by atoms with Gasteiger partial charge in [0, 0.05) is 55.4 Å². The third kappa shape index (κ3) is 5.85. The average Bonchev–Trinajstić information content (AvgIpc) is 2.85. The van der Waals surface area contributed by atoms with Crippen LogP contribution in [0.25, 0.3) is 0 Å². The van der Waals surface area contributed by atoms with Gasteiger partial charge < -0.3 is 10.0 Å². The van der Waals surface area contributed by atoms with Crippen LogP contribution in [0.1, 0.15) is 69.2 Å². The van der Waals surface area contributed by atoms with E-state index < -0.39 is 23.3 Å². The standard InChI is InChI=1S/C32H42F3N3O/c1-5-12-36-13-6-10-32(20-36)11-7-14-37(21-32)24-17-27(33)29(28(34)18-24)30-26-9-8-25(39)16-23(26)15-22(2)38(30)19-31(3,4)35/h5,8-9,16-18,22,30,39H,1,6-7,10-15,19-21H2,2-4H3/t22-,30?,32?/m1/s1. The molecule has 7 heteroatoms. The molecule has 2 fully saturated rings. The van der Waals surface area contributed by atoms with E-state index in [1.165, 1.54) is 32.0 Å². The molecule has 3 aliphatic rings. The fourth-order valence-electron chi connectivity index (χ4n) is 7.33. The second kappa shape index (κ2) is 10.8. The zero-order chi connectivity index (χ0) is 27.9. The predicted molar refractivity (Wildman–Crippen MR) is 151 cm³/mol. The van der Waals surface area contributed by atoms with Crippen molar-refractivity contribution < 1.29 is 18.3 Å². The molecule has 1 spiro atoms. The van der Waals surface area contributed by atoms with Crippen LogP contribution in [-0.4, -0.2) is 65.9 Å². The minimum Gasteiger partial charge on any atom is -0.508 e. The fraction of sp³-hybridized carbons (Fsp3) is 0.562. The zero-order valence-corrected chi connectivity index (χ0v) is 23.5. The van der Waals surface area contributed by atoms with Crippen molar-refractivity contribution in [3.8, 4) is 5.75 Å². The fourth-order valence-corrected chi connectivity index (χ4v) is 7.33. The Morgan fingerprint density at radius 1 is 1.08 bits per heavy atom. The van der Waals surface area contributed by atoms with E-state index in [2.05, 4.69) is 16.4 Å². The van der Waals surface area contributed by atoms with Gasteiger partial charge in [-0.1, -0.05) is 12.1 Å². The molecule has 5 rings (SSSR count). The van der Waals surface area contributed by atoms with E-state index in [-0.39, 0.29) is 29.3 Å². The molecule has 0 radical (unpaired) electrons. The lowest BCUT2D eigenvalue weighted by Gasteiger charge is -2.49. The molecular formula is C32H42F3N3O. The quantitative estimate of drug-likeness (QED) is 0.416. The van der Waals surface area contributed by atoms with Crippen molar-refractivity contribution in [1.29, 1.82) is 0 Å². The Morgan fingerprint density at radius 3 is 2.44 bits per heavy atom. The van der Waals surface area contributed by atoms with E-state index in [0.717, 1.165) is 64.0 Å². The molecule has 0 amide bonds. The van der Waals surface area contributed by atoms with Crippen LogP contribution >= 0.6 is 0 Å². The Morgan fingerprint density at radius 2 is 1.77 bits per heavy atom. The molecule has 212 valence electrons. The largest absolute Gasteiger partial charge is 0.508 e. The molecule has 3 aliphatic heterocycles. The first kappa shape index (κ1) is 28.0. The number of piperidine rings is 2. The number of phenols is 1. The van der Waals surface area contributed by atoms with Crippen molar-refractivity contribution in [2.75, 3.05) is 44.2 Å². The summed E-state index contributed by atoms with van der Waals surface area (Å²) in [5, 5.41) is 10.1. The van der Waals surface area contributed by atoms with E-state index >= 15 is 8.78 Å². The monoisotopic (exact) mass is 541 g/mol. The van der Waals surface area contributed by atoms with Gasteiger partial charge in [0.2, 0.25) is 0 Å². The van der Waals surface area contributed by atoms with Gasteiger partial charge >= 0.3 is 0 Å². The SMILES string of the molecule is C=CCN1CCCC2(CCCN(c3cc(F)c(C4c5ccc(O)cc5C[C@@H](C)N4CC(C)(C)F)c(F)c3)C2)C1. The van der Waals surface area contributed by atoms with Crippen molar-refractivity contribution >= 4 is 5.69 Å². The van der Waals surface area contributed by atoms with Gasteiger partial charge in [0.1, 0.15) is 23.1 Å². The Hall–Kier alpha value is -2.51. The highest BCUT2D eigenvalue weighted by molar-refractivity contribution is 5.53. The summed E-state index contributed by atoms with van der Waals surface area (Å²) in [6.07, 6.45) is 6.87. The summed E-state index contributed by atoms with van der Waals surface area (Å²) in [6.45, 7) is 13.3. The summed E-state index contributed by atoms with van der Waals surface area (Å²) >= 11 is 0. The van der Waals surface area contributed by atoms with Crippen LogP contribution in [0, 0.1) is 17.0 Å². The highest BCUT2D eigenvalue weighted by Crippen LogP contribution is 2.44. The van der Waals surface area contributed by atoms with Gasteiger partial charge in [0.15, 0.2) is 0 Å². The Kier molecular flexibility index (Phi) is 7.77. The van der Waals surface area contributed by atoms with Crippen molar-refractivity contribution in [3.63, 3.8) is 0 Å². The smallest absolute Gasteiger partial charge is 0.133 e. The third-order valence-electron chi connectivity index (χ3n) is 8.88. The topological polar surface area (TPSA) is 30.0 Å². The number of likely N-dealkylation sites (tertiary alicyclic amines) is 1. The number of nitrogens with zero attached hydrogens (tertiary/aromatic N) is 3. The molecule has 2 aromatic rings. The zero-order valence-electron chi connectivity index (χ0n) is 23.5. The van der Waals surface area contributed by atoms with Crippen LogP contribution in [0.5, 0.6) is 5.75 Å². The minimum atomic E-state index is -1.55. The molecule has 39 heavy (non-hydrogen) atoms. The van der Waals surface area contributed by atoms with E-state index in [1.54, 1.807) is 12.1 Å². The number of phenolic OH excluding ortho intramolecular Hbond substituents is 1. The van der Waals surface area contributed by atoms with Gasteiger partial charge in [-0.25, -0.2) is 13.2 Å². The second-order valence-corrected chi connectivity index (χ2v) is 12.7. The molecule has 0 aromatic heterocycles. The summed E-state index contributed by atoms with van der Waals surface area (Å²) in [6, 6.07) is 6.92. The number of aromatic hydroxyl groups is 1. The molecule has 0 aliphatic carbocycles. The second-order valence-electron chi connectivity index (χ2n) is 12.7. The molecule has 3 heterocycles. The summed E-state index contributed by atoms with van der Waals surface area (Å²) in [7, 11) is 0. The highest BCUT2D eigenvalue weighted by Gasteiger charge is 2.41. The Balaban J connectivity index is 1.50. The molecular weight excluding hydrogens is 499 g/mol. The first-order chi connectivity index (χ1) is 18.5. The van der Waals surface area contributed by atoms with Gasteiger partial charge in [-0.3, -0.25) is 9.80 Å². The van der Waals surface area contributed by atoms with Gasteiger partial charge in [-0.2, -0.15) is 0 Å². The molecule has 3 atom stereocenters. The van der Waals surface area contributed by atoms with Crippen molar-refractivity contribution in [2.24, 2.45) is 5.41 Å². The molecule has 1 N–H and O–H groups in total. The summed E-state index contributed by atoms with van der Waals surface area (Å²) in [5.41, 5.74) is 0.637. The van der Waals surface area contributed by atoms with Gasteiger partial charge in [0.05, 0.1) is 6.04 Å². The highest BCUT2D eigenvalue weighted by atomic mass is 19.1. The van der Waals surface area contributed by atoms with Crippen LogP contribution in [0.2, 0.25) is 0 Å². The van der Waals surface area contributed by atoms with Gasteiger partial charge in [0.25, 0.3) is 0 Å². The molecule has 2 unspecified atom stereocenters. The summed E-state index contributed by atoms with van der Waals surface area (Å²) in [5.74, 6) is -1.11. The van der Waals surface area contributed by atoms with Crippen LogP contribution in [0.4, 0.5) is 18.9 Å². The van der Waals surface area contributed by atoms with Crippen LogP contribution in [-0.2, 0) is 6.42 Å².